The van der Waals surface area contributed by atoms with Gasteiger partial charge in [0.1, 0.15) is 5.54 Å². The number of carbonyl (C=O) groups is 2. The minimum Gasteiger partial charge on any atom is -0.324 e. The molecule has 7 nitrogen and oxygen atoms in total. The van der Waals surface area contributed by atoms with Gasteiger partial charge in [-0.15, -0.1) is 11.8 Å². The van der Waals surface area contributed by atoms with E-state index in [1.165, 1.54) is 12.1 Å². The molecule has 0 unspecified atom stereocenters. The lowest BCUT2D eigenvalue weighted by atomic mass is 9.69. The molecule has 1 spiro atoms. The molecule has 0 radical (unpaired) electrons. The maximum atomic E-state index is 14.3. The van der Waals surface area contributed by atoms with E-state index in [1.807, 2.05) is 55.5 Å². The first-order valence-electron chi connectivity index (χ1n) is 11.5. The van der Waals surface area contributed by atoms with Crippen LogP contribution < -0.4 is 5.32 Å². The number of Topliss-reactive ketones (excluding diaryl/α,β-unsaturated/α-hetero) is 1. The van der Waals surface area contributed by atoms with Crippen LogP contribution in [0.4, 0.5) is 11.4 Å². The fraction of sp³-hybridized carbons (Fsp3) is 0.259. The number of nitrogens with one attached hydrogen (secondary N) is 1. The van der Waals surface area contributed by atoms with Gasteiger partial charge in [-0.25, -0.2) is 0 Å². The van der Waals surface area contributed by atoms with Crippen molar-refractivity contribution in [3.8, 4) is 0 Å². The Hall–Kier alpha value is -3.49. The van der Waals surface area contributed by atoms with Gasteiger partial charge in [0.25, 0.3) is 5.69 Å². The summed E-state index contributed by atoms with van der Waals surface area (Å²) in [6.45, 7) is 1.97. The van der Waals surface area contributed by atoms with Gasteiger partial charge in [-0.1, -0.05) is 60.2 Å². The van der Waals surface area contributed by atoms with E-state index < -0.39 is 16.4 Å². The highest BCUT2D eigenvalue weighted by Crippen LogP contribution is 2.61. The van der Waals surface area contributed by atoms with Crippen molar-refractivity contribution in [1.82, 2.24) is 4.90 Å². The predicted molar refractivity (Wildman–Crippen MR) is 135 cm³/mol. The van der Waals surface area contributed by atoms with Crippen LogP contribution in [0.3, 0.4) is 0 Å². The molecule has 1 N–H and O–H groups in total. The first kappa shape index (κ1) is 22.0. The van der Waals surface area contributed by atoms with Gasteiger partial charge >= 0.3 is 0 Å². The number of benzene rings is 3. The summed E-state index contributed by atoms with van der Waals surface area (Å²) in [5, 5.41) is 14.3. The fourth-order valence-electron chi connectivity index (χ4n) is 6.12. The Labute approximate surface area is 206 Å². The summed E-state index contributed by atoms with van der Waals surface area (Å²) < 4.78 is 0. The van der Waals surface area contributed by atoms with Crippen molar-refractivity contribution in [2.24, 2.45) is 5.92 Å². The van der Waals surface area contributed by atoms with E-state index >= 15 is 0 Å². The minimum absolute atomic E-state index is 0.00415. The summed E-state index contributed by atoms with van der Waals surface area (Å²) in [6.07, 6.45) is 0. The third-order valence-corrected chi connectivity index (χ3v) is 8.67. The van der Waals surface area contributed by atoms with Gasteiger partial charge in [0.05, 0.1) is 10.8 Å². The zero-order chi connectivity index (χ0) is 24.3. The number of carbonyl (C=O) groups excluding carboxylic acids is 2. The number of ketones is 1. The minimum atomic E-state index is -1.14. The smallest absolute Gasteiger partial charge is 0.269 e. The van der Waals surface area contributed by atoms with E-state index in [9.17, 15) is 19.7 Å². The van der Waals surface area contributed by atoms with Gasteiger partial charge in [0.15, 0.2) is 5.78 Å². The number of nitrogens with zero attached hydrogens (tertiary/aromatic N) is 2. The molecule has 3 aromatic carbocycles. The Morgan fingerprint density at radius 3 is 2.51 bits per heavy atom. The number of amides is 1. The quantitative estimate of drug-likeness (QED) is 0.327. The van der Waals surface area contributed by atoms with Crippen LogP contribution >= 0.6 is 11.8 Å². The third kappa shape index (κ3) is 3.10. The lowest BCUT2D eigenvalue weighted by Gasteiger charge is -2.36. The first-order chi connectivity index (χ1) is 16.9. The van der Waals surface area contributed by atoms with Gasteiger partial charge in [-0.3, -0.25) is 24.6 Å². The number of aryl methyl sites for hydroxylation is 1. The highest BCUT2D eigenvalue weighted by Gasteiger charge is 2.69. The Balaban J connectivity index is 1.58. The number of non-ortho nitro benzene ring substituents is 1. The number of nitro benzene ring substituents is 1. The molecular formula is C27H23N3O4S. The van der Waals surface area contributed by atoms with Crippen molar-refractivity contribution in [3.63, 3.8) is 0 Å². The molecule has 6 rings (SSSR count). The summed E-state index contributed by atoms with van der Waals surface area (Å²) >= 11 is 1.75. The molecule has 176 valence electrons. The summed E-state index contributed by atoms with van der Waals surface area (Å²) in [6, 6.07) is 21.5. The van der Waals surface area contributed by atoms with Gasteiger partial charge in [-0.05, 0) is 18.6 Å². The highest BCUT2D eigenvalue weighted by molar-refractivity contribution is 7.99. The molecule has 0 bridgehead atoms. The summed E-state index contributed by atoms with van der Waals surface area (Å²) in [5.74, 6) is 0.169. The Morgan fingerprint density at radius 2 is 1.80 bits per heavy atom. The summed E-state index contributed by atoms with van der Waals surface area (Å²) in [4.78, 5) is 41.3. The molecule has 4 atom stereocenters. The van der Waals surface area contributed by atoms with Crippen molar-refractivity contribution < 1.29 is 14.5 Å². The average molecular weight is 486 g/mol. The number of thioether (sulfide) groups is 1. The van der Waals surface area contributed by atoms with Crippen LogP contribution in [-0.2, 0) is 10.3 Å². The van der Waals surface area contributed by atoms with Crippen LogP contribution in [0.5, 0.6) is 0 Å². The zero-order valence-electron chi connectivity index (χ0n) is 19.0. The van der Waals surface area contributed by atoms with Crippen LogP contribution in [0.2, 0.25) is 0 Å². The Bertz CT molecular complexity index is 1360. The molecule has 3 heterocycles. The second kappa shape index (κ2) is 8.03. The number of anilines is 1. The number of hydrogen-bond acceptors (Lipinski definition) is 6. The number of fused-ring (bicyclic) bond motifs is 4. The molecule has 3 aliphatic heterocycles. The number of hydrogen-bond donors (Lipinski definition) is 1. The topological polar surface area (TPSA) is 92.5 Å². The average Bonchev–Trinajstić information content (AvgIpc) is 3.52. The van der Waals surface area contributed by atoms with Crippen LogP contribution in [0.1, 0.15) is 33.0 Å². The normalized spacial score (nSPS) is 27.0. The summed E-state index contributed by atoms with van der Waals surface area (Å²) in [5.41, 5.74) is 2.89. The van der Waals surface area contributed by atoms with E-state index in [2.05, 4.69) is 10.2 Å². The molecule has 0 aromatic heterocycles. The number of rotatable bonds is 4. The highest BCUT2D eigenvalue weighted by atomic mass is 32.2. The molecular weight excluding hydrogens is 462 g/mol. The molecule has 3 aromatic rings. The number of nitro groups is 1. The molecule has 35 heavy (non-hydrogen) atoms. The first-order valence-corrected chi connectivity index (χ1v) is 12.7. The van der Waals surface area contributed by atoms with Crippen LogP contribution in [0.15, 0.2) is 72.8 Å². The molecule has 8 heteroatoms. The second-order valence-electron chi connectivity index (χ2n) is 9.39. The fourth-order valence-corrected chi connectivity index (χ4v) is 7.45. The van der Waals surface area contributed by atoms with E-state index in [-0.39, 0.29) is 29.3 Å². The second-order valence-corrected chi connectivity index (χ2v) is 10.4. The van der Waals surface area contributed by atoms with Gasteiger partial charge in [0, 0.05) is 52.5 Å². The Kier molecular flexibility index (Phi) is 5.05. The molecule has 2 saturated heterocycles. The molecule has 0 aliphatic carbocycles. The van der Waals surface area contributed by atoms with Crippen molar-refractivity contribution in [1.29, 1.82) is 0 Å². The Morgan fingerprint density at radius 1 is 1.09 bits per heavy atom. The molecule has 2 fully saturated rings. The largest absolute Gasteiger partial charge is 0.324 e. The van der Waals surface area contributed by atoms with Gasteiger partial charge in [-0.2, -0.15) is 0 Å². The van der Waals surface area contributed by atoms with Crippen molar-refractivity contribution in [2.45, 2.75) is 24.4 Å². The lowest BCUT2D eigenvalue weighted by molar-refractivity contribution is -0.384. The zero-order valence-corrected chi connectivity index (χ0v) is 19.8. The third-order valence-electron chi connectivity index (χ3n) is 7.64. The standard InChI is InChI=1S/C27H23N3O4S/c1-16-6-8-18(9-7-16)25(31)24-23(17-10-12-19(13-11-17)30(33)34)22-14-35-15-29(22)27(24)20-4-2-3-5-21(20)28-26(27)32/h2-13,22-24H,14-15H2,1H3,(H,28,32)/t22-,23-,24+,27+/m0/s1. The van der Waals surface area contributed by atoms with Gasteiger partial charge in [0.2, 0.25) is 5.91 Å². The monoisotopic (exact) mass is 485 g/mol. The van der Waals surface area contributed by atoms with Crippen LogP contribution in [-0.4, -0.2) is 39.2 Å². The van der Waals surface area contributed by atoms with Crippen LogP contribution in [0.25, 0.3) is 0 Å². The SMILES string of the molecule is Cc1ccc(C(=O)[C@H]2[C@@H](c3ccc([N+](=O)[O-])cc3)[C@@H]3CSCN3[C@@]23C(=O)Nc2ccccc23)cc1. The van der Waals surface area contributed by atoms with E-state index in [1.54, 1.807) is 23.9 Å². The van der Waals surface area contributed by atoms with Crippen LogP contribution in [0, 0.1) is 23.0 Å². The lowest BCUT2D eigenvalue weighted by Crippen LogP contribution is -2.52. The van der Waals surface area contributed by atoms with Crippen molar-refractivity contribution >= 4 is 34.8 Å². The van der Waals surface area contributed by atoms with E-state index in [0.29, 0.717) is 11.4 Å². The summed E-state index contributed by atoms with van der Waals surface area (Å²) in [7, 11) is 0. The maximum Gasteiger partial charge on any atom is 0.269 e. The van der Waals surface area contributed by atoms with E-state index in [0.717, 1.165) is 28.1 Å². The van der Waals surface area contributed by atoms with Gasteiger partial charge < -0.3 is 5.32 Å². The molecule has 0 saturated carbocycles. The van der Waals surface area contributed by atoms with Crippen molar-refractivity contribution in [2.75, 3.05) is 16.9 Å². The number of para-hydroxylation sites is 1. The van der Waals surface area contributed by atoms with Crippen molar-refractivity contribution in [3.05, 3.63) is 105 Å². The molecule has 3 aliphatic rings. The molecule has 1 amide bonds. The predicted octanol–water partition coefficient (Wildman–Crippen LogP) is 4.72. The van der Waals surface area contributed by atoms with E-state index in [4.69, 9.17) is 0 Å². The maximum absolute atomic E-state index is 14.3.